The summed E-state index contributed by atoms with van der Waals surface area (Å²) in [6.45, 7) is 0.0781. The maximum atomic E-state index is 13.2. The van der Waals surface area contributed by atoms with Crippen LogP contribution in [-0.2, 0) is 17.5 Å². The molecule has 0 radical (unpaired) electrons. The van der Waals surface area contributed by atoms with Crippen LogP contribution in [0.4, 0.5) is 32.0 Å². The summed E-state index contributed by atoms with van der Waals surface area (Å²) in [6.07, 6.45) is -9.56. The summed E-state index contributed by atoms with van der Waals surface area (Å²) >= 11 is 0. The second kappa shape index (κ2) is 7.72. The van der Waals surface area contributed by atoms with E-state index in [1.807, 2.05) is 0 Å². The van der Waals surface area contributed by atoms with E-state index in [-0.39, 0.29) is 43.0 Å². The molecular formula is C17H18F6N4O. The van der Waals surface area contributed by atoms with Gasteiger partial charge in [-0.3, -0.25) is 9.79 Å². The van der Waals surface area contributed by atoms with Crippen molar-refractivity contribution in [1.82, 2.24) is 4.90 Å². The lowest BCUT2D eigenvalue weighted by molar-refractivity contribution is -0.137. The Morgan fingerprint density at radius 3 is 2.36 bits per heavy atom. The van der Waals surface area contributed by atoms with E-state index in [0.717, 1.165) is 12.1 Å². The van der Waals surface area contributed by atoms with Crippen LogP contribution in [0.5, 0.6) is 0 Å². The Kier molecular flexibility index (Phi) is 5.95. The first-order valence-corrected chi connectivity index (χ1v) is 8.05. The van der Waals surface area contributed by atoms with Crippen molar-refractivity contribution in [2.24, 2.45) is 10.7 Å². The molecule has 1 heterocycles. The quantitative estimate of drug-likeness (QED) is 0.462. The third-order valence-corrected chi connectivity index (χ3v) is 4.08. The molecular weight excluding hydrogens is 390 g/mol. The minimum atomic E-state index is -4.93. The zero-order valence-electron chi connectivity index (χ0n) is 15.0. The number of carbonyl (C=O) groups excluding carboxylic acids is 1. The first-order chi connectivity index (χ1) is 12.8. The largest absolute Gasteiger partial charge is 0.431 e. The molecule has 0 saturated heterocycles. The van der Waals surface area contributed by atoms with E-state index in [1.54, 1.807) is 14.1 Å². The number of anilines is 1. The lowest BCUT2D eigenvalue weighted by Crippen LogP contribution is -2.33. The standard InChI is InChI=1S/C17H18F6N4O/c1-26(2)12-6-10(5-11(7-12)16(18,19)20)8-27-4-3-25-15(27)13(9-28)14(24)17(21,22)23/h5-7,9H,3-4,8,24H2,1-2H3. The predicted octanol–water partition coefficient (Wildman–Crippen LogP) is 2.96. The molecule has 2 N–H and O–H groups in total. The van der Waals surface area contributed by atoms with Gasteiger partial charge in [0.25, 0.3) is 0 Å². The Bertz CT molecular complexity index is 811. The summed E-state index contributed by atoms with van der Waals surface area (Å²) in [6, 6.07) is 3.38. The number of amidine groups is 1. The van der Waals surface area contributed by atoms with E-state index in [0.29, 0.717) is 0 Å². The molecule has 0 bridgehead atoms. The average Bonchev–Trinajstić information content (AvgIpc) is 3.01. The number of aldehydes is 1. The Morgan fingerprint density at radius 1 is 1.21 bits per heavy atom. The second-order valence-corrected chi connectivity index (χ2v) is 6.35. The van der Waals surface area contributed by atoms with E-state index in [1.165, 1.54) is 15.9 Å². The number of rotatable bonds is 5. The number of hydrogen-bond donors (Lipinski definition) is 1. The maximum Gasteiger partial charge on any atom is 0.431 e. The highest BCUT2D eigenvalue weighted by Gasteiger charge is 2.37. The number of hydrogen-bond acceptors (Lipinski definition) is 5. The predicted molar refractivity (Wildman–Crippen MR) is 91.8 cm³/mol. The van der Waals surface area contributed by atoms with E-state index in [9.17, 15) is 31.1 Å². The third-order valence-electron chi connectivity index (χ3n) is 4.08. The van der Waals surface area contributed by atoms with Crippen LogP contribution in [0.3, 0.4) is 0 Å². The normalized spacial score (nSPS) is 16.0. The van der Waals surface area contributed by atoms with Gasteiger partial charge in [0.05, 0.1) is 17.7 Å². The first-order valence-electron chi connectivity index (χ1n) is 8.05. The van der Waals surface area contributed by atoms with Crippen LogP contribution < -0.4 is 10.6 Å². The van der Waals surface area contributed by atoms with Crippen LogP contribution in [-0.4, -0.2) is 50.4 Å². The molecule has 0 amide bonds. The molecule has 1 aromatic rings. The van der Waals surface area contributed by atoms with Gasteiger partial charge in [0, 0.05) is 32.9 Å². The number of alkyl halides is 6. The molecule has 2 rings (SSSR count). The Morgan fingerprint density at radius 2 is 1.86 bits per heavy atom. The third kappa shape index (κ3) is 4.76. The zero-order chi connectivity index (χ0) is 21.3. The fraction of sp³-hybridized carbons (Fsp3) is 0.412. The molecule has 1 aromatic carbocycles. The monoisotopic (exact) mass is 408 g/mol. The molecule has 11 heteroatoms. The minimum Gasteiger partial charge on any atom is -0.394 e. The van der Waals surface area contributed by atoms with Crippen molar-refractivity contribution in [3.63, 3.8) is 0 Å². The zero-order valence-corrected chi connectivity index (χ0v) is 15.0. The molecule has 154 valence electrons. The number of nitrogens with zero attached hydrogens (tertiary/aromatic N) is 3. The van der Waals surface area contributed by atoms with Crippen LogP contribution in [0.25, 0.3) is 0 Å². The number of halogens is 6. The van der Waals surface area contributed by atoms with Crippen molar-refractivity contribution in [1.29, 1.82) is 0 Å². The lowest BCUT2D eigenvalue weighted by Gasteiger charge is -2.24. The van der Waals surface area contributed by atoms with E-state index in [4.69, 9.17) is 5.73 Å². The van der Waals surface area contributed by atoms with Gasteiger partial charge in [-0.05, 0) is 23.8 Å². The van der Waals surface area contributed by atoms with Crippen LogP contribution in [0, 0.1) is 0 Å². The molecule has 5 nitrogen and oxygen atoms in total. The number of carbonyl (C=O) groups is 1. The first kappa shape index (κ1) is 21.6. The van der Waals surface area contributed by atoms with Crippen LogP contribution >= 0.6 is 0 Å². The van der Waals surface area contributed by atoms with E-state index in [2.05, 4.69) is 4.99 Å². The van der Waals surface area contributed by atoms with E-state index >= 15 is 0 Å². The van der Waals surface area contributed by atoms with Gasteiger partial charge < -0.3 is 15.5 Å². The summed E-state index contributed by atoms with van der Waals surface area (Å²) in [5.41, 5.74) is 2.24. The van der Waals surface area contributed by atoms with Crippen molar-refractivity contribution in [3.05, 3.63) is 40.6 Å². The van der Waals surface area contributed by atoms with Crippen molar-refractivity contribution in [2.45, 2.75) is 18.9 Å². The fourth-order valence-electron chi connectivity index (χ4n) is 2.69. The molecule has 0 fully saturated rings. The van der Waals surface area contributed by atoms with Crippen LogP contribution in [0.1, 0.15) is 11.1 Å². The van der Waals surface area contributed by atoms with Crippen LogP contribution in [0.15, 0.2) is 34.5 Å². The summed E-state index contributed by atoms with van der Waals surface area (Å²) in [4.78, 5) is 17.9. The molecule has 0 saturated carbocycles. The molecule has 0 atom stereocenters. The highest BCUT2D eigenvalue weighted by molar-refractivity contribution is 6.14. The molecule has 1 aliphatic heterocycles. The molecule has 0 spiro atoms. The molecule has 1 aliphatic rings. The summed E-state index contributed by atoms with van der Waals surface area (Å²) in [7, 11) is 3.14. The highest BCUT2D eigenvalue weighted by Crippen LogP contribution is 2.33. The van der Waals surface area contributed by atoms with Gasteiger partial charge in [-0.15, -0.1) is 0 Å². The average molecular weight is 408 g/mol. The molecule has 0 aliphatic carbocycles. The number of allylic oxidation sites excluding steroid dienone is 1. The molecule has 28 heavy (non-hydrogen) atoms. The van der Waals surface area contributed by atoms with Gasteiger partial charge >= 0.3 is 12.4 Å². The second-order valence-electron chi connectivity index (χ2n) is 6.35. The summed E-state index contributed by atoms with van der Waals surface area (Å²) in [5, 5.41) is 0. The number of benzene rings is 1. The van der Waals surface area contributed by atoms with Crippen molar-refractivity contribution in [3.8, 4) is 0 Å². The Balaban J connectivity index is 2.41. The van der Waals surface area contributed by atoms with Gasteiger partial charge in [-0.25, -0.2) is 0 Å². The minimum absolute atomic E-state index is 0.0443. The van der Waals surface area contributed by atoms with Gasteiger partial charge in [0.15, 0.2) is 6.29 Å². The van der Waals surface area contributed by atoms with Gasteiger partial charge in [0.2, 0.25) is 0 Å². The number of aliphatic imine (C=N–C) groups is 1. The molecule has 0 aromatic heterocycles. The number of nitrogens with two attached hydrogens (primary N) is 1. The van der Waals surface area contributed by atoms with Gasteiger partial charge in [-0.1, -0.05) is 0 Å². The van der Waals surface area contributed by atoms with Crippen molar-refractivity contribution < 1.29 is 31.1 Å². The molecule has 0 unspecified atom stereocenters. The highest BCUT2D eigenvalue weighted by atomic mass is 19.4. The maximum absolute atomic E-state index is 13.2. The van der Waals surface area contributed by atoms with Crippen molar-refractivity contribution in [2.75, 3.05) is 32.1 Å². The van der Waals surface area contributed by atoms with Crippen LogP contribution in [0.2, 0.25) is 0 Å². The van der Waals surface area contributed by atoms with Gasteiger partial charge in [0.1, 0.15) is 11.5 Å². The summed E-state index contributed by atoms with van der Waals surface area (Å²) in [5.74, 6) is -0.284. The summed E-state index contributed by atoms with van der Waals surface area (Å²) < 4.78 is 78.1. The van der Waals surface area contributed by atoms with E-state index < -0.39 is 29.2 Å². The Hall–Kier alpha value is -2.72. The van der Waals surface area contributed by atoms with Crippen molar-refractivity contribution >= 4 is 17.8 Å². The SMILES string of the molecule is CN(C)c1cc(CN2CCN=C2C(C=O)=C(N)C(F)(F)F)cc(C(F)(F)F)c1. The Labute approximate surface area is 157 Å². The fourth-order valence-corrected chi connectivity index (χ4v) is 2.69. The lowest BCUT2D eigenvalue weighted by atomic mass is 10.1. The topological polar surface area (TPSA) is 61.9 Å². The van der Waals surface area contributed by atoms with Gasteiger partial charge in [-0.2, -0.15) is 26.3 Å². The smallest absolute Gasteiger partial charge is 0.394 e.